The number of aliphatic hydroxyl groups is 2. The van der Waals surface area contributed by atoms with Crippen LogP contribution in [0, 0.1) is 17.3 Å². The largest absolute Gasteiger partial charge is 0.455 e. The van der Waals surface area contributed by atoms with Crippen LogP contribution in [0.25, 0.3) is 0 Å². The molecule has 18 heteroatoms. The van der Waals surface area contributed by atoms with Gasteiger partial charge in [0.15, 0.2) is 17.5 Å². The Labute approximate surface area is 399 Å². The Bertz CT molecular complexity index is 2380. The number of ketones is 1. The molecule has 11 atom stereocenters. The number of fused-ring (bicyclic) bond motifs is 5. The second kappa shape index (κ2) is 21.4. The average Bonchev–Trinajstić information content (AvgIpc) is 3.31. The predicted molar refractivity (Wildman–Crippen MR) is 240 cm³/mol. The maximum absolute atomic E-state index is 15.4. The van der Waals surface area contributed by atoms with Gasteiger partial charge in [-0.25, -0.2) is 19.4 Å². The van der Waals surface area contributed by atoms with Crippen molar-refractivity contribution in [1.82, 2.24) is 5.32 Å². The molecule has 3 aromatic rings. The normalized spacial score (nSPS) is 28.8. The lowest BCUT2D eigenvalue weighted by molar-refractivity contribution is -0.413. The molecule has 2 bridgehead atoms. The van der Waals surface area contributed by atoms with Gasteiger partial charge in [-0.2, -0.15) is 0 Å². The molecule has 4 aliphatic rings. The van der Waals surface area contributed by atoms with E-state index in [1.807, 2.05) is 6.07 Å². The molecule has 0 spiro atoms. The lowest BCUT2D eigenvalue weighted by Gasteiger charge is -2.64. The molecule has 3 N–H and O–H groups in total. The fraction of sp³-hybridized carbons (Fsp3) is 0.490. The summed E-state index contributed by atoms with van der Waals surface area (Å²) in [6.45, 7) is 6.17. The van der Waals surface area contributed by atoms with E-state index in [0.717, 1.165) is 6.92 Å². The summed E-state index contributed by atoms with van der Waals surface area (Å²) in [5.74, 6) is -8.16. The van der Waals surface area contributed by atoms with Gasteiger partial charge in [0.1, 0.15) is 43.2 Å². The molecule has 3 aliphatic carbocycles. The smallest absolute Gasteiger partial charge is 0.350 e. The molecular formula is C51H59NO17. The Morgan fingerprint density at radius 2 is 1.54 bits per heavy atom. The van der Waals surface area contributed by atoms with Crippen molar-refractivity contribution in [2.75, 3.05) is 33.5 Å². The number of carbonyl (C=O) groups excluding carboxylic acids is 6. The molecule has 18 nitrogen and oxygen atoms in total. The first kappa shape index (κ1) is 51.0. The highest BCUT2D eigenvalue weighted by molar-refractivity contribution is 5.95. The van der Waals surface area contributed by atoms with Crippen molar-refractivity contribution in [2.24, 2.45) is 17.3 Å². The zero-order valence-corrected chi connectivity index (χ0v) is 39.3. The first-order valence-corrected chi connectivity index (χ1v) is 22.8. The molecule has 0 aromatic heterocycles. The topological polar surface area (TPSA) is 238 Å². The molecule has 7 rings (SSSR count). The first-order valence-electron chi connectivity index (χ1n) is 22.8. The van der Waals surface area contributed by atoms with E-state index in [1.165, 1.54) is 14.0 Å². The monoisotopic (exact) mass is 957 g/mol. The van der Waals surface area contributed by atoms with Gasteiger partial charge in [0, 0.05) is 50.7 Å². The number of methoxy groups -OCH3 is 1. The Balaban J connectivity index is 1.36. The van der Waals surface area contributed by atoms with Crippen molar-refractivity contribution in [3.8, 4) is 0 Å². The van der Waals surface area contributed by atoms with E-state index in [9.17, 15) is 29.4 Å². The number of ether oxygens (including phenoxy) is 7. The molecule has 0 unspecified atom stereocenters. The number of hydrogen-bond acceptors (Lipinski definition) is 17. The average molecular weight is 958 g/mol. The minimum absolute atomic E-state index is 0.0157. The van der Waals surface area contributed by atoms with Crippen LogP contribution in [0.2, 0.25) is 0 Å². The van der Waals surface area contributed by atoms with E-state index >= 15 is 9.59 Å². The number of benzene rings is 3. The third-order valence-corrected chi connectivity index (χ3v) is 13.7. The van der Waals surface area contributed by atoms with E-state index in [1.54, 1.807) is 106 Å². The third kappa shape index (κ3) is 10.4. The van der Waals surface area contributed by atoms with E-state index in [-0.39, 0.29) is 49.6 Å². The quantitative estimate of drug-likeness (QED) is 0.0410. The second-order valence-corrected chi connectivity index (χ2v) is 18.3. The molecule has 1 saturated heterocycles. The summed E-state index contributed by atoms with van der Waals surface area (Å²) in [6.07, 6.45) is -9.98. The van der Waals surface area contributed by atoms with Crippen LogP contribution in [0.3, 0.4) is 0 Å². The molecule has 1 heterocycles. The highest BCUT2D eigenvalue weighted by Crippen LogP contribution is 2.61. The standard InChI is InChI=1S/C51H59NO17/c1-29-36(66-48(59)45(67-38(56)27-62-23-22-61-6)42(33-18-12-8-13-19-33)52-47(58)34-20-14-9-15-21-34)25-51(60)46(69-64-26-32-16-10-7-11-17-32)41-39(35(55)24-37-50(41,28-63-37)68-31(3)54)43(57)44(65-30(2)53)40(29)49(51,4)5/h7-21,35-37,39,41-42,44-46,55,60H,22-28H2,1-6H3,(H,52,58)/t35-,36-,37+,39-,41+,42-,44+,45+,46-,50-,51+/m0/s1. The van der Waals surface area contributed by atoms with Gasteiger partial charge in [0.05, 0.1) is 31.8 Å². The van der Waals surface area contributed by atoms with Crippen molar-refractivity contribution in [1.29, 1.82) is 0 Å². The van der Waals surface area contributed by atoms with Crippen LogP contribution < -0.4 is 5.32 Å². The summed E-state index contributed by atoms with van der Waals surface area (Å²) in [5.41, 5.74) is -4.14. The van der Waals surface area contributed by atoms with Crippen LogP contribution in [-0.2, 0) is 73.5 Å². The van der Waals surface area contributed by atoms with Gasteiger partial charge >= 0.3 is 23.9 Å². The molecule has 2 saturated carbocycles. The van der Waals surface area contributed by atoms with Crippen molar-refractivity contribution in [3.05, 3.63) is 119 Å². The van der Waals surface area contributed by atoms with Crippen LogP contribution in [0.1, 0.15) is 75.0 Å². The van der Waals surface area contributed by atoms with Crippen molar-refractivity contribution < 1.29 is 81.9 Å². The summed E-state index contributed by atoms with van der Waals surface area (Å²) in [5, 5.41) is 28.5. The van der Waals surface area contributed by atoms with Crippen LogP contribution in [0.15, 0.2) is 102 Å². The predicted octanol–water partition coefficient (Wildman–Crippen LogP) is 3.85. The minimum Gasteiger partial charge on any atom is -0.455 e. The Hall–Kier alpha value is -5.86. The fourth-order valence-electron chi connectivity index (χ4n) is 10.3. The Morgan fingerprint density at radius 1 is 0.884 bits per heavy atom. The van der Waals surface area contributed by atoms with Crippen molar-refractivity contribution >= 4 is 35.6 Å². The number of hydrogen-bond donors (Lipinski definition) is 3. The summed E-state index contributed by atoms with van der Waals surface area (Å²) >= 11 is 0. The van der Waals surface area contributed by atoms with Gasteiger partial charge in [-0.05, 0) is 41.3 Å². The lowest BCUT2D eigenvalue weighted by Crippen LogP contribution is -2.79. The van der Waals surface area contributed by atoms with E-state index in [4.69, 9.17) is 42.9 Å². The van der Waals surface area contributed by atoms with E-state index in [2.05, 4.69) is 5.32 Å². The summed E-state index contributed by atoms with van der Waals surface area (Å²) < 4.78 is 40.5. The lowest BCUT2D eigenvalue weighted by atomic mass is 9.49. The SMILES string of the molecule is COCCOCC(=O)O[C@@H](C(=O)O[C@H]1C[C@@]2(O)[C@@H](OOCc3ccccc3)[C@H]3[C@@H](C(=O)[C@H](OC(C)=O)C(=C1C)C2(C)C)[C@@H](O)C[C@H]1OC[C@@]31OC(C)=O)[C@@H](NC(=O)c1ccccc1)c1ccccc1. The highest BCUT2D eigenvalue weighted by atomic mass is 17.2. The van der Waals surface area contributed by atoms with Crippen LogP contribution in [0.5, 0.6) is 0 Å². The molecule has 370 valence electrons. The number of nitrogens with one attached hydrogen (secondary N) is 1. The minimum atomic E-state index is -2.31. The number of aliphatic hydroxyl groups excluding tert-OH is 1. The van der Waals surface area contributed by atoms with Crippen LogP contribution in [-0.4, -0.2) is 127 Å². The molecule has 0 radical (unpaired) electrons. The maximum atomic E-state index is 15.4. The van der Waals surface area contributed by atoms with Crippen molar-refractivity contribution in [3.63, 3.8) is 0 Å². The third-order valence-electron chi connectivity index (χ3n) is 13.7. The van der Waals surface area contributed by atoms with E-state index < -0.39 is 120 Å². The number of Topliss-reactive ketones (excluding diaryl/α,β-unsaturated/α-hetero) is 1. The first-order chi connectivity index (χ1) is 32.9. The zero-order chi connectivity index (χ0) is 49.7. The number of carbonyl (C=O) groups is 6. The maximum Gasteiger partial charge on any atom is 0.350 e. The summed E-state index contributed by atoms with van der Waals surface area (Å²) in [6, 6.07) is 24.0. The zero-order valence-electron chi connectivity index (χ0n) is 39.3. The molecule has 1 amide bonds. The molecule has 69 heavy (non-hydrogen) atoms. The fourth-order valence-corrected chi connectivity index (χ4v) is 10.3. The van der Waals surface area contributed by atoms with Crippen LogP contribution in [0.4, 0.5) is 0 Å². The molecule has 1 aliphatic heterocycles. The van der Waals surface area contributed by atoms with Gasteiger partial charge < -0.3 is 48.7 Å². The van der Waals surface area contributed by atoms with Gasteiger partial charge in [0.2, 0.25) is 6.10 Å². The summed E-state index contributed by atoms with van der Waals surface area (Å²) in [4.78, 5) is 96.2. The van der Waals surface area contributed by atoms with E-state index in [0.29, 0.717) is 11.1 Å². The Morgan fingerprint density at radius 3 is 2.14 bits per heavy atom. The molecule has 3 fully saturated rings. The second-order valence-electron chi connectivity index (χ2n) is 18.3. The number of esters is 4. The summed E-state index contributed by atoms with van der Waals surface area (Å²) in [7, 11) is 1.45. The number of amides is 1. The highest BCUT2D eigenvalue weighted by Gasteiger charge is 2.74. The van der Waals surface area contributed by atoms with Crippen molar-refractivity contribution in [2.45, 2.75) is 108 Å². The van der Waals surface area contributed by atoms with Gasteiger partial charge in [-0.3, -0.25) is 19.2 Å². The van der Waals surface area contributed by atoms with Gasteiger partial charge in [-0.15, -0.1) is 0 Å². The molecular weight excluding hydrogens is 899 g/mol. The van der Waals surface area contributed by atoms with Crippen LogP contribution >= 0.6 is 0 Å². The number of rotatable bonds is 18. The molecule has 3 aromatic carbocycles. The Kier molecular flexibility index (Phi) is 15.8. The van der Waals surface area contributed by atoms with Gasteiger partial charge in [-0.1, -0.05) is 92.7 Å². The van der Waals surface area contributed by atoms with Gasteiger partial charge in [0.25, 0.3) is 5.91 Å².